The topological polar surface area (TPSA) is 74.6 Å². The van der Waals surface area contributed by atoms with Gasteiger partial charge in [-0.25, -0.2) is 0 Å². The Labute approximate surface area is 158 Å². The van der Waals surface area contributed by atoms with Crippen LogP contribution in [-0.2, 0) is 9.59 Å². The van der Waals surface area contributed by atoms with Crippen molar-refractivity contribution in [3.63, 3.8) is 0 Å². The van der Waals surface area contributed by atoms with Crippen LogP contribution in [0.2, 0.25) is 0 Å². The fourth-order valence-corrected chi connectivity index (χ4v) is 3.47. The fraction of sp³-hybridized carbons (Fsp3) is 0.727. The first-order chi connectivity index (χ1) is 12.3. The van der Waals surface area contributed by atoms with Crippen molar-refractivity contribution in [3.8, 4) is 0 Å². The molecule has 0 saturated carbocycles. The third kappa shape index (κ3) is 7.86. The lowest BCUT2D eigenvalue weighted by molar-refractivity contribution is -0.137. The van der Waals surface area contributed by atoms with Crippen LogP contribution in [-0.4, -0.2) is 27.6 Å². The minimum atomic E-state index is -0.769. The van der Waals surface area contributed by atoms with Crippen LogP contribution in [0.25, 0.3) is 0 Å². The third-order valence-electron chi connectivity index (χ3n) is 5.67. The predicted molar refractivity (Wildman–Crippen MR) is 105 cm³/mol. The number of allylic oxidation sites excluding steroid dienone is 4. The molecular formula is C22H36O4. The molecule has 1 unspecified atom stereocenters. The Morgan fingerprint density at radius 3 is 2.77 bits per heavy atom. The zero-order valence-electron chi connectivity index (χ0n) is 16.7. The summed E-state index contributed by atoms with van der Waals surface area (Å²) >= 11 is 0. The van der Waals surface area contributed by atoms with Crippen molar-refractivity contribution in [2.24, 2.45) is 11.8 Å². The van der Waals surface area contributed by atoms with E-state index in [4.69, 9.17) is 5.11 Å². The zero-order chi connectivity index (χ0) is 19.6. The standard InChI is InChI=1S/C22H36O4/c1-4-5-10-17(2)22(3,26)16-15-18-13-14-20(23)19(18)11-8-6-7-9-12-21(24)25/h6,8,13,17,19,26H,4-5,7,9-12,14-16H2,1-3H3,(H,24,25)/b8-6-/t17?,19-,22+/m1/s1. The van der Waals surface area contributed by atoms with E-state index in [2.05, 4.69) is 13.8 Å². The lowest BCUT2D eigenvalue weighted by Gasteiger charge is -2.31. The Balaban J connectivity index is 2.46. The van der Waals surface area contributed by atoms with Crippen molar-refractivity contribution in [3.05, 3.63) is 23.8 Å². The molecule has 26 heavy (non-hydrogen) atoms. The normalized spacial score (nSPS) is 21.0. The number of carbonyl (C=O) groups is 2. The summed E-state index contributed by atoms with van der Waals surface area (Å²) in [5.74, 6) is -0.316. The van der Waals surface area contributed by atoms with Crippen LogP contribution in [0.5, 0.6) is 0 Å². The molecule has 1 aliphatic rings. The summed E-state index contributed by atoms with van der Waals surface area (Å²) in [6.45, 7) is 6.19. The lowest BCUT2D eigenvalue weighted by Crippen LogP contribution is -2.33. The first-order valence-electron chi connectivity index (χ1n) is 10.1. The highest BCUT2D eigenvalue weighted by Crippen LogP contribution is 2.34. The van der Waals surface area contributed by atoms with Crippen molar-refractivity contribution < 1.29 is 19.8 Å². The summed E-state index contributed by atoms with van der Waals surface area (Å²) in [5.41, 5.74) is 0.465. The van der Waals surface area contributed by atoms with Crippen LogP contribution in [0, 0.1) is 11.8 Å². The smallest absolute Gasteiger partial charge is 0.303 e. The quantitative estimate of drug-likeness (QED) is 0.354. The van der Waals surface area contributed by atoms with Crippen LogP contribution in [0.1, 0.15) is 85.0 Å². The van der Waals surface area contributed by atoms with E-state index in [0.29, 0.717) is 25.7 Å². The molecule has 1 rings (SSSR count). The summed E-state index contributed by atoms with van der Waals surface area (Å²) in [6.07, 6.45) is 13.5. The summed E-state index contributed by atoms with van der Waals surface area (Å²) in [6, 6.07) is 0. The Morgan fingerprint density at radius 2 is 2.12 bits per heavy atom. The molecule has 3 atom stereocenters. The molecule has 0 aromatic carbocycles. The molecule has 4 nitrogen and oxygen atoms in total. The number of unbranched alkanes of at least 4 members (excludes halogenated alkanes) is 2. The van der Waals surface area contributed by atoms with Crippen molar-refractivity contribution in [2.45, 2.75) is 90.6 Å². The van der Waals surface area contributed by atoms with E-state index in [9.17, 15) is 14.7 Å². The van der Waals surface area contributed by atoms with Crippen LogP contribution >= 0.6 is 0 Å². The lowest BCUT2D eigenvalue weighted by atomic mass is 9.81. The van der Waals surface area contributed by atoms with Crippen molar-refractivity contribution in [1.29, 1.82) is 0 Å². The molecule has 0 aliphatic heterocycles. The zero-order valence-corrected chi connectivity index (χ0v) is 16.7. The molecule has 1 aliphatic carbocycles. The second kappa shape index (κ2) is 11.3. The Morgan fingerprint density at radius 1 is 1.38 bits per heavy atom. The first-order valence-corrected chi connectivity index (χ1v) is 10.1. The van der Waals surface area contributed by atoms with Crippen LogP contribution < -0.4 is 0 Å². The highest BCUT2D eigenvalue weighted by molar-refractivity contribution is 5.88. The molecule has 0 radical (unpaired) electrons. The van der Waals surface area contributed by atoms with E-state index >= 15 is 0 Å². The second-order valence-corrected chi connectivity index (χ2v) is 7.90. The molecule has 4 heteroatoms. The SMILES string of the molecule is CCCCC(C)[C@@](C)(O)CCC1=CCC(=O)[C@@H]1C/C=C\CCCC(=O)O. The van der Waals surface area contributed by atoms with Gasteiger partial charge in [0.1, 0.15) is 5.78 Å². The number of Topliss-reactive ketones (excluding diaryl/α,β-unsaturated/α-hetero) is 1. The van der Waals surface area contributed by atoms with Gasteiger partial charge in [0.15, 0.2) is 0 Å². The van der Waals surface area contributed by atoms with Crippen LogP contribution in [0.15, 0.2) is 23.8 Å². The van der Waals surface area contributed by atoms with E-state index in [1.165, 1.54) is 0 Å². The van der Waals surface area contributed by atoms with E-state index in [1.54, 1.807) is 0 Å². The maximum absolute atomic E-state index is 12.2. The molecule has 0 amide bonds. The molecule has 0 aromatic rings. The van der Waals surface area contributed by atoms with Crippen molar-refractivity contribution >= 4 is 11.8 Å². The predicted octanol–water partition coefficient (Wildman–Crippen LogP) is 5.06. The average Bonchev–Trinajstić information content (AvgIpc) is 2.93. The molecule has 0 aromatic heterocycles. The number of aliphatic carboxylic acids is 1. The van der Waals surface area contributed by atoms with Crippen molar-refractivity contribution in [1.82, 2.24) is 0 Å². The third-order valence-corrected chi connectivity index (χ3v) is 5.67. The monoisotopic (exact) mass is 364 g/mol. The van der Waals surface area contributed by atoms with E-state index in [0.717, 1.165) is 37.7 Å². The first kappa shape index (κ1) is 22.6. The van der Waals surface area contributed by atoms with Gasteiger partial charge in [0.05, 0.1) is 5.60 Å². The summed E-state index contributed by atoms with van der Waals surface area (Å²) in [5, 5.41) is 19.4. The molecule has 0 fully saturated rings. The Bertz CT molecular complexity index is 516. The molecule has 2 N–H and O–H groups in total. The molecule has 0 saturated heterocycles. The van der Waals surface area contributed by atoms with Gasteiger partial charge in [-0.3, -0.25) is 9.59 Å². The minimum Gasteiger partial charge on any atom is -0.481 e. The van der Waals surface area contributed by atoms with Crippen LogP contribution in [0.3, 0.4) is 0 Å². The van der Waals surface area contributed by atoms with Gasteiger partial charge in [-0.1, -0.05) is 50.5 Å². The van der Waals surface area contributed by atoms with Gasteiger partial charge in [0, 0.05) is 18.8 Å². The molecule has 148 valence electrons. The van der Waals surface area contributed by atoms with Crippen LogP contribution in [0.4, 0.5) is 0 Å². The number of hydrogen-bond acceptors (Lipinski definition) is 3. The number of hydrogen-bond donors (Lipinski definition) is 2. The maximum Gasteiger partial charge on any atom is 0.303 e. The molecule has 0 heterocycles. The van der Waals surface area contributed by atoms with E-state index in [1.807, 2.05) is 25.2 Å². The molecule has 0 bridgehead atoms. The highest BCUT2D eigenvalue weighted by Gasteiger charge is 2.31. The minimum absolute atomic E-state index is 0.0625. The maximum atomic E-state index is 12.2. The van der Waals surface area contributed by atoms with Gasteiger partial charge in [0.25, 0.3) is 0 Å². The van der Waals surface area contributed by atoms with Gasteiger partial charge in [-0.15, -0.1) is 0 Å². The number of ketones is 1. The molecular weight excluding hydrogens is 328 g/mol. The summed E-state index contributed by atoms with van der Waals surface area (Å²) in [7, 11) is 0. The van der Waals surface area contributed by atoms with Gasteiger partial charge in [-0.2, -0.15) is 0 Å². The number of carboxylic acid groups (broad SMARTS) is 1. The van der Waals surface area contributed by atoms with Gasteiger partial charge in [-0.05, 0) is 51.4 Å². The number of carboxylic acids is 1. The average molecular weight is 365 g/mol. The fourth-order valence-electron chi connectivity index (χ4n) is 3.47. The largest absolute Gasteiger partial charge is 0.481 e. The van der Waals surface area contributed by atoms with Gasteiger partial charge >= 0.3 is 5.97 Å². The summed E-state index contributed by atoms with van der Waals surface area (Å²) in [4.78, 5) is 22.7. The number of carbonyl (C=O) groups excluding carboxylic acids is 1. The second-order valence-electron chi connectivity index (χ2n) is 7.90. The molecule has 0 spiro atoms. The van der Waals surface area contributed by atoms with Gasteiger partial charge < -0.3 is 10.2 Å². The van der Waals surface area contributed by atoms with E-state index in [-0.39, 0.29) is 24.0 Å². The van der Waals surface area contributed by atoms with E-state index < -0.39 is 11.6 Å². The Hall–Kier alpha value is -1.42. The van der Waals surface area contributed by atoms with Gasteiger partial charge in [0.2, 0.25) is 0 Å². The van der Waals surface area contributed by atoms with Crippen molar-refractivity contribution in [2.75, 3.05) is 0 Å². The summed E-state index contributed by atoms with van der Waals surface area (Å²) < 4.78 is 0. The number of aliphatic hydroxyl groups is 1. The Kier molecular flexibility index (Phi) is 9.85. The highest BCUT2D eigenvalue weighted by atomic mass is 16.4. The number of rotatable bonds is 13.